The quantitative estimate of drug-likeness (QED) is 0.552. The summed E-state index contributed by atoms with van der Waals surface area (Å²) in [4.78, 5) is 23.5. The molecule has 1 N–H and O–H groups in total. The van der Waals surface area contributed by atoms with E-state index in [1.807, 2.05) is 55.8 Å². The second kappa shape index (κ2) is 7.20. The van der Waals surface area contributed by atoms with Gasteiger partial charge in [-0.15, -0.1) is 11.3 Å². The van der Waals surface area contributed by atoms with E-state index < -0.39 is 0 Å². The molecule has 142 valence electrons. The number of aromatic nitrogens is 3. The highest BCUT2D eigenvalue weighted by molar-refractivity contribution is 7.20. The van der Waals surface area contributed by atoms with E-state index in [0.717, 1.165) is 49.0 Å². The third-order valence-corrected chi connectivity index (χ3v) is 6.13. The van der Waals surface area contributed by atoms with Gasteiger partial charge in [-0.1, -0.05) is 18.2 Å². The van der Waals surface area contributed by atoms with E-state index in [0.29, 0.717) is 6.54 Å². The summed E-state index contributed by atoms with van der Waals surface area (Å²) in [6.07, 6.45) is 3.71. The first-order valence-electron chi connectivity index (χ1n) is 9.19. The van der Waals surface area contributed by atoms with Crippen LogP contribution in [-0.4, -0.2) is 20.4 Å². The van der Waals surface area contributed by atoms with Gasteiger partial charge in [-0.2, -0.15) is 0 Å². The van der Waals surface area contributed by atoms with Crippen molar-refractivity contribution in [2.75, 3.05) is 0 Å². The van der Waals surface area contributed by atoms with Crippen LogP contribution >= 0.6 is 11.3 Å². The molecule has 0 aliphatic rings. The van der Waals surface area contributed by atoms with Crippen molar-refractivity contribution in [3.05, 3.63) is 75.8 Å². The Labute approximate surface area is 168 Å². The van der Waals surface area contributed by atoms with Crippen molar-refractivity contribution >= 4 is 27.5 Å². The molecule has 0 fully saturated rings. The van der Waals surface area contributed by atoms with Gasteiger partial charge in [-0.05, 0) is 56.5 Å². The number of hydrogen-bond acceptors (Lipinski definition) is 4. The molecule has 3 aromatic heterocycles. The van der Waals surface area contributed by atoms with Gasteiger partial charge >= 0.3 is 0 Å². The number of thiophene rings is 1. The molecular formula is C22H22N4OS. The molecule has 5 nitrogen and oxygen atoms in total. The molecule has 0 spiro atoms. The van der Waals surface area contributed by atoms with Crippen LogP contribution in [0.2, 0.25) is 0 Å². The lowest BCUT2D eigenvalue weighted by molar-refractivity contribution is 0.0954. The Morgan fingerprint density at radius 3 is 2.71 bits per heavy atom. The maximum atomic E-state index is 12.9. The number of carbonyl (C=O) groups excluding carboxylic acids is 1. The van der Waals surface area contributed by atoms with Crippen LogP contribution in [0, 0.1) is 27.7 Å². The van der Waals surface area contributed by atoms with Gasteiger partial charge in [0.1, 0.15) is 10.7 Å². The van der Waals surface area contributed by atoms with Crippen molar-refractivity contribution in [1.82, 2.24) is 19.9 Å². The van der Waals surface area contributed by atoms with Gasteiger partial charge < -0.3 is 9.88 Å². The summed E-state index contributed by atoms with van der Waals surface area (Å²) in [6, 6.07) is 10.1. The second-order valence-corrected chi connectivity index (χ2v) is 7.97. The van der Waals surface area contributed by atoms with Crippen LogP contribution in [-0.2, 0) is 6.54 Å². The molecule has 0 aliphatic carbocycles. The van der Waals surface area contributed by atoms with Crippen molar-refractivity contribution in [2.45, 2.75) is 34.2 Å². The normalized spacial score (nSPS) is 11.1. The van der Waals surface area contributed by atoms with Gasteiger partial charge in [0.2, 0.25) is 0 Å². The Hall–Kier alpha value is -2.99. The van der Waals surface area contributed by atoms with Crippen molar-refractivity contribution in [3.8, 4) is 5.69 Å². The predicted molar refractivity (Wildman–Crippen MR) is 113 cm³/mol. The summed E-state index contributed by atoms with van der Waals surface area (Å²) in [5, 5.41) is 4.18. The monoisotopic (exact) mass is 390 g/mol. The minimum atomic E-state index is -0.0605. The maximum Gasteiger partial charge on any atom is 0.261 e. The standard InChI is InChI=1S/C22H22N4OS/c1-13-11-14(2)25-22-19(13)15(3)20(28-22)21(27)24-12-17-7-5-6-8-18(17)26-10-9-23-16(26)4/h5-11H,12H2,1-4H3,(H,24,27). The van der Waals surface area contributed by atoms with Crippen LogP contribution < -0.4 is 5.32 Å². The van der Waals surface area contributed by atoms with E-state index in [9.17, 15) is 4.79 Å². The number of imidazole rings is 1. The fourth-order valence-electron chi connectivity index (χ4n) is 3.62. The second-order valence-electron chi connectivity index (χ2n) is 6.97. The average molecular weight is 391 g/mol. The molecule has 0 aliphatic heterocycles. The third-order valence-electron chi connectivity index (χ3n) is 4.95. The number of fused-ring (bicyclic) bond motifs is 1. The molecule has 0 saturated carbocycles. The number of nitrogens with zero attached hydrogens (tertiary/aromatic N) is 3. The first-order chi connectivity index (χ1) is 13.5. The molecular weight excluding hydrogens is 368 g/mol. The fraction of sp³-hybridized carbons (Fsp3) is 0.227. The largest absolute Gasteiger partial charge is 0.347 e. The van der Waals surface area contributed by atoms with E-state index in [4.69, 9.17) is 0 Å². The number of benzene rings is 1. The summed E-state index contributed by atoms with van der Waals surface area (Å²) in [5.74, 6) is 0.853. The molecule has 0 bridgehead atoms. The predicted octanol–water partition coefficient (Wildman–Crippen LogP) is 4.65. The van der Waals surface area contributed by atoms with E-state index in [-0.39, 0.29) is 5.91 Å². The summed E-state index contributed by atoms with van der Waals surface area (Å²) >= 11 is 1.46. The molecule has 0 atom stereocenters. The molecule has 28 heavy (non-hydrogen) atoms. The number of pyridine rings is 1. The molecule has 3 heterocycles. The first kappa shape index (κ1) is 18.4. The first-order valence-corrected chi connectivity index (χ1v) is 10.0. The molecule has 4 aromatic rings. The van der Waals surface area contributed by atoms with Gasteiger partial charge in [0, 0.05) is 30.0 Å². The number of para-hydroxylation sites is 1. The molecule has 0 unspecified atom stereocenters. The van der Waals surface area contributed by atoms with Crippen LogP contribution in [0.15, 0.2) is 42.7 Å². The summed E-state index contributed by atoms with van der Waals surface area (Å²) < 4.78 is 2.03. The molecule has 6 heteroatoms. The number of amides is 1. The lowest BCUT2D eigenvalue weighted by Crippen LogP contribution is -2.23. The molecule has 0 radical (unpaired) electrons. The topological polar surface area (TPSA) is 59.8 Å². The summed E-state index contributed by atoms with van der Waals surface area (Å²) in [6.45, 7) is 8.47. The lowest BCUT2D eigenvalue weighted by Gasteiger charge is -2.12. The molecule has 0 saturated heterocycles. The highest BCUT2D eigenvalue weighted by Crippen LogP contribution is 2.32. The zero-order chi connectivity index (χ0) is 19.8. The zero-order valence-electron chi connectivity index (χ0n) is 16.4. The van der Waals surface area contributed by atoms with Gasteiger partial charge in [-0.25, -0.2) is 9.97 Å². The van der Waals surface area contributed by atoms with E-state index >= 15 is 0 Å². The molecule has 1 amide bonds. The summed E-state index contributed by atoms with van der Waals surface area (Å²) in [7, 11) is 0. The minimum absolute atomic E-state index is 0.0605. The number of nitrogens with one attached hydrogen (secondary N) is 1. The van der Waals surface area contributed by atoms with E-state index in [2.05, 4.69) is 28.3 Å². The number of carbonyl (C=O) groups is 1. The highest BCUT2D eigenvalue weighted by Gasteiger charge is 2.18. The smallest absolute Gasteiger partial charge is 0.261 e. The number of hydrogen-bond donors (Lipinski definition) is 1. The SMILES string of the molecule is Cc1cc(C)c2c(C)c(C(=O)NCc3ccccc3-n3ccnc3C)sc2n1. The van der Waals surface area contributed by atoms with Crippen molar-refractivity contribution in [1.29, 1.82) is 0 Å². The van der Waals surface area contributed by atoms with Crippen LogP contribution in [0.1, 0.15) is 37.9 Å². The van der Waals surface area contributed by atoms with Gasteiger partial charge in [0.25, 0.3) is 5.91 Å². The van der Waals surface area contributed by atoms with E-state index in [1.165, 1.54) is 11.3 Å². The zero-order valence-corrected chi connectivity index (χ0v) is 17.2. The van der Waals surface area contributed by atoms with Crippen molar-refractivity contribution in [3.63, 3.8) is 0 Å². The van der Waals surface area contributed by atoms with Crippen LogP contribution in [0.3, 0.4) is 0 Å². The minimum Gasteiger partial charge on any atom is -0.347 e. The molecule has 1 aromatic carbocycles. The third kappa shape index (κ3) is 3.20. The number of rotatable bonds is 4. The Bertz CT molecular complexity index is 1190. The van der Waals surface area contributed by atoms with Crippen LogP contribution in [0.25, 0.3) is 15.9 Å². The maximum absolute atomic E-state index is 12.9. The average Bonchev–Trinajstić information content (AvgIpc) is 3.23. The van der Waals surface area contributed by atoms with Gasteiger partial charge in [0.05, 0.1) is 10.6 Å². The Morgan fingerprint density at radius 2 is 1.96 bits per heavy atom. The van der Waals surface area contributed by atoms with Gasteiger partial charge in [-0.3, -0.25) is 4.79 Å². The lowest BCUT2D eigenvalue weighted by atomic mass is 10.1. The molecule has 4 rings (SSSR count). The van der Waals surface area contributed by atoms with Crippen molar-refractivity contribution < 1.29 is 4.79 Å². The van der Waals surface area contributed by atoms with E-state index in [1.54, 1.807) is 6.20 Å². The Morgan fingerprint density at radius 1 is 1.18 bits per heavy atom. The Balaban J connectivity index is 1.61. The van der Waals surface area contributed by atoms with Crippen molar-refractivity contribution in [2.24, 2.45) is 0 Å². The Kier molecular flexibility index (Phi) is 4.73. The van der Waals surface area contributed by atoms with Crippen LogP contribution in [0.4, 0.5) is 0 Å². The number of aryl methyl sites for hydroxylation is 4. The fourth-order valence-corrected chi connectivity index (χ4v) is 4.84. The highest BCUT2D eigenvalue weighted by atomic mass is 32.1. The van der Waals surface area contributed by atoms with Gasteiger partial charge in [0.15, 0.2) is 0 Å². The van der Waals surface area contributed by atoms with Crippen LogP contribution in [0.5, 0.6) is 0 Å². The summed E-state index contributed by atoms with van der Waals surface area (Å²) in [5.41, 5.74) is 5.21.